The van der Waals surface area contributed by atoms with Gasteiger partial charge in [-0.05, 0) is 66.0 Å². The minimum Gasteiger partial charge on any atom is -0.461 e. The summed E-state index contributed by atoms with van der Waals surface area (Å²) in [6.07, 6.45) is 2.09. The average Bonchev–Trinajstić information content (AvgIpc) is 3.71. The molecule has 0 spiro atoms. The lowest BCUT2D eigenvalue weighted by Crippen LogP contribution is -2.43. The molecule has 292 valence electrons. The number of anilines is 2. The minimum absolute atomic E-state index is 0.0456. The van der Waals surface area contributed by atoms with Crippen molar-refractivity contribution >= 4 is 41.3 Å². The van der Waals surface area contributed by atoms with Gasteiger partial charge < -0.3 is 20.1 Å². The van der Waals surface area contributed by atoms with Crippen molar-refractivity contribution in [3.05, 3.63) is 47.4 Å². The Morgan fingerprint density at radius 3 is 2.58 bits per heavy atom. The van der Waals surface area contributed by atoms with Crippen LogP contribution in [0.5, 0.6) is 6.01 Å². The molecule has 4 aromatic rings. The fourth-order valence-corrected chi connectivity index (χ4v) is 15.1. The zero-order valence-corrected chi connectivity index (χ0v) is 33.3. The maximum Gasteiger partial charge on any atom is 0.319 e. The highest BCUT2D eigenvalue weighted by molar-refractivity contribution is 6.90. The van der Waals surface area contributed by atoms with Gasteiger partial charge in [-0.2, -0.15) is 9.97 Å². The van der Waals surface area contributed by atoms with Crippen LogP contribution in [0.15, 0.2) is 24.4 Å². The number of nitrogens with two attached hydrogens (primary N) is 1. The molecule has 3 aliphatic heterocycles. The summed E-state index contributed by atoms with van der Waals surface area (Å²) in [7, 11) is -2.43. The van der Waals surface area contributed by atoms with E-state index in [0.717, 1.165) is 12.5 Å². The van der Waals surface area contributed by atoms with Crippen LogP contribution in [0.4, 0.5) is 29.1 Å². The molecule has 3 saturated heterocycles. The summed E-state index contributed by atoms with van der Waals surface area (Å²) < 4.78 is 94.0. The third kappa shape index (κ3) is 6.42. The van der Waals surface area contributed by atoms with Crippen LogP contribution in [0.3, 0.4) is 0 Å². The Labute approximate surface area is 324 Å². The van der Waals surface area contributed by atoms with Crippen LogP contribution in [0.2, 0.25) is 16.6 Å². The molecule has 2 N–H and O–H groups in total. The first-order chi connectivity index (χ1) is 27.0. The lowest BCUT2D eigenvalue weighted by molar-refractivity contribution is 0.107. The Morgan fingerprint density at radius 1 is 1.07 bits per heavy atom. The SMILES string of the molecule is [2H]C([2H])(Oc1nc(N2CCOC[C@@H]3C[C@@H]32)c2cnc(-c3cc(N)cc4cc(F)c(F)c(C#C[Si](C(C)C)(C(C)C)C(C)C)c34)c(F)c2n1)[C@@]12CCCN1C[C@H](F)C2. The van der Waals surface area contributed by atoms with Gasteiger partial charge in [0, 0.05) is 54.3 Å². The van der Waals surface area contributed by atoms with E-state index in [2.05, 4.69) is 63.0 Å². The maximum atomic E-state index is 17.5. The highest BCUT2D eigenvalue weighted by Crippen LogP contribution is 2.45. The van der Waals surface area contributed by atoms with Gasteiger partial charge in [0.2, 0.25) is 0 Å². The van der Waals surface area contributed by atoms with Crippen molar-refractivity contribution in [2.75, 3.05) is 50.0 Å². The van der Waals surface area contributed by atoms with Crippen molar-refractivity contribution in [2.24, 2.45) is 5.92 Å². The molecule has 2 aromatic carbocycles. The zero-order chi connectivity index (χ0) is 40.8. The molecular weight excluding hydrogens is 725 g/mol. The normalized spacial score (nSPS) is 24.9. The van der Waals surface area contributed by atoms with Crippen molar-refractivity contribution < 1.29 is 29.8 Å². The molecule has 5 heterocycles. The van der Waals surface area contributed by atoms with Gasteiger partial charge in [-0.25, -0.2) is 17.6 Å². The van der Waals surface area contributed by atoms with Crippen LogP contribution in [0, 0.1) is 34.8 Å². The van der Waals surface area contributed by atoms with E-state index in [4.69, 9.17) is 22.9 Å². The number of halogens is 4. The summed E-state index contributed by atoms with van der Waals surface area (Å²) in [5.41, 5.74) is 8.89. The Hall–Kier alpha value is -3.99. The quantitative estimate of drug-likeness (QED) is 0.0825. The van der Waals surface area contributed by atoms with Crippen molar-refractivity contribution in [1.82, 2.24) is 19.9 Å². The first-order valence-electron chi connectivity index (χ1n) is 20.5. The predicted molar refractivity (Wildman–Crippen MR) is 211 cm³/mol. The molecule has 4 fully saturated rings. The second-order valence-corrected chi connectivity index (χ2v) is 22.4. The number of ether oxygens (including phenoxy) is 2. The van der Waals surface area contributed by atoms with Crippen LogP contribution in [0.25, 0.3) is 32.9 Å². The first-order valence-corrected chi connectivity index (χ1v) is 21.8. The van der Waals surface area contributed by atoms with E-state index in [1.165, 1.54) is 18.3 Å². The zero-order valence-electron chi connectivity index (χ0n) is 34.3. The number of pyridine rings is 1. The maximum absolute atomic E-state index is 17.5. The third-order valence-electron chi connectivity index (χ3n) is 12.6. The average molecular weight is 777 g/mol. The van der Waals surface area contributed by atoms with Crippen LogP contribution < -0.4 is 15.4 Å². The van der Waals surface area contributed by atoms with Gasteiger partial charge in [0.05, 0.1) is 32.4 Å². The van der Waals surface area contributed by atoms with Gasteiger partial charge in [-0.3, -0.25) is 9.88 Å². The number of nitrogens with zero attached hydrogens (tertiary/aromatic N) is 5. The molecule has 4 atom stereocenters. The molecule has 0 radical (unpaired) electrons. The fourth-order valence-electron chi connectivity index (χ4n) is 9.91. The summed E-state index contributed by atoms with van der Waals surface area (Å²) in [6, 6.07) is 3.66. The van der Waals surface area contributed by atoms with E-state index < -0.39 is 49.8 Å². The molecular formula is C42H50F4N6O2Si. The number of hydrogen-bond acceptors (Lipinski definition) is 8. The summed E-state index contributed by atoms with van der Waals surface area (Å²) in [5, 5.41) is 0.651. The summed E-state index contributed by atoms with van der Waals surface area (Å²) >= 11 is 0. The molecule has 8 nitrogen and oxygen atoms in total. The van der Waals surface area contributed by atoms with Gasteiger partial charge in [-0.1, -0.05) is 47.5 Å². The van der Waals surface area contributed by atoms with Crippen LogP contribution in [-0.2, 0) is 4.74 Å². The molecule has 0 amide bonds. The summed E-state index contributed by atoms with van der Waals surface area (Å²) in [5.74, 6) is 0.491. The van der Waals surface area contributed by atoms with Crippen LogP contribution in [0.1, 0.15) is 75.5 Å². The topological polar surface area (TPSA) is 89.6 Å². The van der Waals surface area contributed by atoms with Crippen molar-refractivity contribution in [1.29, 1.82) is 0 Å². The number of hydrogen-bond donors (Lipinski definition) is 1. The van der Waals surface area contributed by atoms with E-state index in [-0.39, 0.29) is 85.7 Å². The van der Waals surface area contributed by atoms with Gasteiger partial charge in [0.25, 0.3) is 0 Å². The molecule has 0 unspecified atom stereocenters. The fraction of sp³-hybridized carbons (Fsp3) is 0.548. The van der Waals surface area contributed by atoms with Crippen molar-refractivity contribution in [2.45, 2.75) is 102 Å². The largest absolute Gasteiger partial charge is 0.461 e. The molecule has 8 rings (SSSR count). The van der Waals surface area contributed by atoms with Crippen LogP contribution >= 0.6 is 0 Å². The van der Waals surface area contributed by atoms with E-state index in [9.17, 15) is 4.39 Å². The minimum atomic E-state index is -2.43. The number of aromatic nitrogens is 3. The van der Waals surface area contributed by atoms with E-state index in [1.807, 2.05) is 4.90 Å². The number of rotatable bonds is 8. The molecule has 4 aliphatic rings. The number of alkyl halides is 1. The van der Waals surface area contributed by atoms with Crippen molar-refractivity contribution in [3.8, 4) is 28.7 Å². The second-order valence-electron chi connectivity index (χ2n) is 16.8. The lowest BCUT2D eigenvalue weighted by atomic mass is 9.95. The second kappa shape index (κ2) is 14.2. The number of nitrogen functional groups attached to an aromatic ring is 1. The van der Waals surface area contributed by atoms with Gasteiger partial charge in [-0.15, -0.1) is 5.54 Å². The Balaban J connectivity index is 1.34. The lowest BCUT2D eigenvalue weighted by Gasteiger charge is -2.38. The summed E-state index contributed by atoms with van der Waals surface area (Å²) in [4.78, 5) is 17.6. The standard InChI is InChI=1S/C42H50F4N6O2Si/c1-23(2)55(24(3)4,25(5)6)13-8-30-35-26(15-33(44)36(30)45)14-29(47)17-31(35)38-37(46)39-32(19-48-38)40(52-11-12-53-21-27-16-34(27)52)50-41(49-39)54-22-42-9-7-10-51(42)20-28(43)18-42/h14-15,17,19,23-25,27-28,34H,7,9-12,16,18,20-22,47H2,1-6H3/t27-,28+,34-,42-/m0/s1/i22D2. The van der Waals surface area contributed by atoms with Crippen LogP contribution in [-0.4, -0.2) is 85.1 Å². The molecule has 1 aliphatic carbocycles. The molecule has 2 aromatic heterocycles. The monoisotopic (exact) mass is 776 g/mol. The highest BCUT2D eigenvalue weighted by atomic mass is 28.3. The van der Waals surface area contributed by atoms with E-state index in [1.54, 1.807) is 4.90 Å². The predicted octanol–water partition coefficient (Wildman–Crippen LogP) is 8.59. The Kier molecular flexibility index (Phi) is 9.14. The Bertz CT molecular complexity index is 2300. The summed E-state index contributed by atoms with van der Waals surface area (Å²) in [6.45, 7) is 12.4. The number of fused-ring (bicyclic) bond motifs is 4. The van der Waals surface area contributed by atoms with Gasteiger partial charge >= 0.3 is 6.01 Å². The smallest absolute Gasteiger partial charge is 0.319 e. The number of benzene rings is 2. The molecule has 13 heteroatoms. The highest BCUT2D eigenvalue weighted by Gasteiger charge is 2.50. The van der Waals surface area contributed by atoms with E-state index in [0.29, 0.717) is 45.0 Å². The molecule has 55 heavy (non-hydrogen) atoms. The van der Waals surface area contributed by atoms with E-state index >= 15 is 13.2 Å². The molecule has 0 bridgehead atoms. The third-order valence-corrected chi connectivity index (χ3v) is 18.9. The first kappa shape index (κ1) is 35.4. The van der Waals surface area contributed by atoms with Gasteiger partial charge in [0.1, 0.15) is 37.8 Å². The van der Waals surface area contributed by atoms with Gasteiger partial charge in [0.15, 0.2) is 17.5 Å². The van der Waals surface area contributed by atoms with Crippen molar-refractivity contribution in [3.63, 3.8) is 0 Å². The Morgan fingerprint density at radius 2 is 1.84 bits per heavy atom. The molecule has 1 saturated carbocycles.